The lowest BCUT2D eigenvalue weighted by molar-refractivity contribution is 0.399. The maximum absolute atomic E-state index is 9.64. The molecule has 0 aliphatic carbocycles. The number of phenols is 2. The molecule has 0 fully saturated rings. The van der Waals surface area contributed by atoms with Crippen LogP contribution in [0, 0.1) is 6.92 Å². The summed E-state index contributed by atoms with van der Waals surface area (Å²) in [4.78, 5) is 0. The molecule has 0 amide bonds. The Morgan fingerprint density at radius 2 is 1.50 bits per heavy atom. The number of aromatic hydroxyl groups is 2. The van der Waals surface area contributed by atoms with Gasteiger partial charge in [-0.15, -0.1) is 0 Å². The average Bonchev–Trinajstić information content (AvgIpc) is 2.31. The second-order valence-corrected chi connectivity index (χ2v) is 3.47. The zero-order chi connectivity index (χ0) is 11.5. The predicted octanol–water partition coefficient (Wildman–Crippen LogP) is 3.20. The topological polar surface area (TPSA) is 49.7 Å². The highest BCUT2D eigenvalue weighted by molar-refractivity contribution is 5.53. The second kappa shape index (κ2) is 4.14. The molecule has 0 saturated carbocycles. The summed E-state index contributed by atoms with van der Waals surface area (Å²) in [5.74, 6) is 1.01. The van der Waals surface area contributed by atoms with E-state index in [1.165, 1.54) is 12.1 Å². The van der Waals surface area contributed by atoms with Crippen molar-refractivity contribution in [3.8, 4) is 23.0 Å². The van der Waals surface area contributed by atoms with Crippen molar-refractivity contribution in [3.05, 3.63) is 48.0 Å². The molecule has 2 N–H and O–H groups in total. The Balaban J connectivity index is 2.38. The van der Waals surface area contributed by atoms with Crippen LogP contribution in [-0.2, 0) is 0 Å². The maximum Gasteiger partial charge on any atom is 0.175 e. The number of rotatable bonds is 2. The van der Waals surface area contributed by atoms with Gasteiger partial charge in [0.1, 0.15) is 11.5 Å². The van der Waals surface area contributed by atoms with E-state index in [4.69, 9.17) is 4.74 Å². The van der Waals surface area contributed by atoms with Crippen molar-refractivity contribution in [1.82, 2.24) is 0 Å². The van der Waals surface area contributed by atoms with Crippen LogP contribution in [0.1, 0.15) is 5.56 Å². The molecule has 0 aliphatic rings. The normalized spacial score (nSPS) is 10.1. The van der Waals surface area contributed by atoms with Crippen molar-refractivity contribution < 1.29 is 14.9 Å². The van der Waals surface area contributed by atoms with E-state index in [0.29, 0.717) is 11.3 Å². The van der Waals surface area contributed by atoms with Gasteiger partial charge in [0.05, 0.1) is 0 Å². The molecular weight excluding hydrogens is 204 g/mol. The van der Waals surface area contributed by atoms with Crippen molar-refractivity contribution in [3.63, 3.8) is 0 Å². The van der Waals surface area contributed by atoms with Crippen LogP contribution in [0.4, 0.5) is 0 Å². The van der Waals surface area contributed by atoms with Crippen molar-refractivity contribution in [2.45, 2.75) is 6.92 Å². The van der Waals surface area contributed by atoms with Gasteiger partial charge in [-0.1, -0.05) is 18.2 Å². The molecular formula is C13H12O3. The molecule has 0 heterocycles. The van der Waals surface area contributed by atoms with Gasteiger partial charge in [0.2, 0.25) is 0 Å². The molecule has 0 aliphatic heterocycles. The van der Waals surface area contributed by atoms with Gasteiger partial charge >= 0.3 is 0 Å². The fraction of sp³-hybridized carbons (Fsp3) is 0.0769. The molecule has 0 aromatic heterocycles. The highest BCUT2D eigenvalue weighted by Crippen LogP contribution is 2.38. The van der Waals surface area contributed by atoms with Crippen LogP contribution in [0.5, 0.6) is 23.0 Å². The van der Waals surface area contributed by atoms with Crippen molar-refractivity contribution in [2.75, 3.05) is 0 Å². The predicted molar refractivity (Wildman–Crippen MR) is 61.0 cm³/mol. The van der Waals surface area contributed by atoms with Crippen molar-refractivity contribution >= 4 is 0 Å². The molecule has 0 saturated heterocycles. The Morgan fingerprint density at radius 3 is 2.19 bits per heavy atom. The monoisotopic (exact) mass is 216 g/mol. The Kier molecular flexibility index (Phi) is 2.68. The molecule has 0 spiro atoms. The van der Waals surface area contributed by atoms with Crippen LogP contribution in [0.3, 0.4) is 0 Å². The van der Waals surface area contributed by atoms with E-state index in [0.717, 1.165) is 0 Å². The molecule has 82 valence electrons. The van der Waals surface area contributed by atoms with Crippen molar-refractivity contribution in [1.29, 1.82) is 0 Å². The largest absolute Gasteiger partial charge is 0.508 e. The van der Waals surface area contributed by atoms with Gasteiger partial charge in [0, 0.05) is 5.56 Å². The van der Waals surface area contributed by atoms with Crippen LogP contribution in [0.2, 0.25) is 0 Å². The third-order valence-corrected chi connectivity index (χ3v) is 2.32. The Bertz CT molecular complexity index is 492. The van der Waals surface area contributed by atoms with Gasteiger partial charge in [-0.05, 0) is 31.2 Å². The molecule has 0 atom stereocenters. The van der Waals surface area contributed by atoms with Gasteiger partial charge in [0.25, 0.3) is 0 Å². The van der Waals surface area contributed by atoms with Gasteiger partial charge in [-0.3, -0.25) is 0 Å². The molecule has 0 radical (unpaired) electrons. The second-order valence-electron chi connectivity index (χ2n) is 3.47. The quantitative estimate of drug-likeness (QED) is 0.758. The van der Waals surface area contributed by atoms with E-state index in [1.54, 1.807) is 19.1 Å². The first-order chi connectivity index (χ1) is 7.68. The third kappa shape index (κ3) is 1.93. The van der Waals surface area contributed by atoms with Crippen LogP contribution >= 0.6 is 0 Å². The van der Waals surface area contributed by atoms with Gasteiger partial charge in [-0.25, -0.2) is 0 Å². The summed E-state index contributed by atoms with van der Waals surface area (Å²) in [6.45, 7) is 1.69. The number of hydrogen-bond donors (Lipinski definition) is 2. The van der Waals surface area contributed by atoms with E-state index in [1.807, 2.05) is 18.2 Å². The van der Waals surface area contributed by atoms with E-state index in [2.05, 4.69) is 0 Å². The number of hydrogen-bond acceptors (Lipinski definition) is 3. The summed E-state index contributed by atoms with van der Waals surface area (Å²) in [5.41, 5.74) is 0.517. The number of para-hydroxylation sites is 1. The lowest BCUT2D eigenvalue weighted by Gasteiger charge is -2.11. The lowest BCUT2D eigenvalue weighted by atomic mass is 10.2. The molecule has 16 heavy (non-hydrogen) atoms. The molecule has 2 aromatic carbocycles. The zero-order valence-corrected chi connectivity index (χ0v) is 8.84. The average molecular weight is 216 g/mol. The van der Waals surface area contributed by atoms with Gasteiger partial charge in [-0.2, -0.15) is 0 Å². The Labute approximate surface area is 93.6 Å². The number of benzene rings is 2. The van der Waals surface area contributed by atoms with Crippen LogP contribution in [0.25, 0.3) is 0 Å². The summed E-state index contributed by atoms with van der Waals surface area (Å²) in [7, 11) is 0. The van der Waals surface area contributed by atoms with Crippen LogP contribution < -0.4 is 4.74 Å². The zero-order valence-electron chi connectivity index (χ0n) is 8.84. The fourth-order valence-corrected chi connectivity index (χ4v) is 1.40. The summed E-state index contributed by atoms with van der Waals surface area (Å²) < 4.78 is 5.51. The standard InChI is InChI=1S/C13H12O3/c1-9-11(14)7-8-12(15)13(9)16-10-5-3-2-4-6-10/h2-8,14-15H,1H3. The third-order valence-electron chi connectivity index (χ3n) is 2.32. The summed E-state index contributed by atoms with van der Waals surface area (Å²) in [5, 5.41) is 19.2. The SMILES string of the molecule is Cc1c(O)ccc(O)c1Oc1ccccc1. The summed E-state index contributed by atoms with van der Waals surface area (Å²) in [6.07, 6.45) is 0. The minimum Gasteiger partial charge on any atom is -0.508 e. The molecule has 3 heteroatoms. The van der Waals surface area contributed by atoms with Gasteiger partial charge in [0.15, 0.2) is 11.5 Å². The molecule has 2 aromatic rings. The first-order valence-corrected chi connectivity index (χ1v) is 4.93. The molecule has 2 rings (SSSR count). The lowest BCUT2D eigenvalue weighted by Crippen LogP contribution is -1.88. The van der Waals surface area contributed by atoms with Crippen LogP contribution in [-0.4, -0.2) is 10.2 Å². The Hall–Kier alpha value is -2.16. The molecule has 3 nitrogen and oxygen atoms in total. The number of phenolic OH excluding ortho intramolecular Hbond substituents is 2. The molecule has 0 unspecified atom stereocenters. The first kappa shape index (κ1) is 10.4. The summed E-state index contributed by atoms with van der Waals surface area (Å²) >= 11 is 0. The van der Waals surface area contributed by atoms with Gasteiger partial charge < -0.3 is 14.9 Å². The van der Waals surface area contributed by atoms with E-state index in [9.17, 15) is 10.2 Å². The van der Waals surface area contributed by atoms with E-state index < -0.39 is 0 Å². The minimum atomic E-state index is 0.0131. The van der Waals surface area contributed by atoms with E-state index >= 15 is 0 Å². The smallest absolute Gasteiger partial charge is 0.175 e. The fourth-order valence-electron chi connectivity index (χ4n) is 1.40. The van der Waals surface area contributed by atoms with Crippen LogP contribution in [0.15, 0.2) is 42.5 Å². The highest BCUT2D eigenvalue weighted by atomic mass is 16.5. The maximum atomic E-state index is 9.64. The first-order valence-electron chi connectivity index (χ1n) is 4.93. The number of ether oxygens (including phenoxy) is 1. The highest BCUT2D eigenvalue weighted by Gasteiger charge is 2.10. The van der Waals surface area contributed by atoms with Crippen molar-refractivity contribution in [2.24, 2.45) is 0 Å². The van der Waals surface area contributed by atoms with E-state index in [-0.39, 0.29) is 17.2 Å². The Morgan fingerprint density at radius 1 is 0.875 bits per heavy atom. The molecule has 0 bridgehead atoms. The minimum absolute atomic E-state index is 0.0131. The summed E-state index contributed by atoms with van der Waals surface area (Å²) in [6, 6.07) is 12.0.